The van der Waals surface area contributed by atoms with E-state index in [1.54, 1.807) is 23.5 Å². The Bertz CT molecular complexity index is 771. The van der Waals surface area contributed by atoms with Crippen LogP contribution < -0.4 is 0 Å². The molecule has 2 heterocycles. The number of hydrogen-bond acceptors (Lipinski definition) is 3. The summed E-state index contributed by atoms with van der Waals surface area (Å²) in [5, 5.41) is 2.04. The van der Waals surface area contributed by atoms with Gasteiger partial charge in [-0.3, -0.25) is 4.79 Å². The molecule has 1 aromatic heterocycles. The zero-order valence-electron chi connectivity index (χ0n) is 14.3. The SMILES string of the molecule is CC1CCc2c(C(=O)N3CCOC(c4ccc(F)cc4)C3)csc2C1. The standard InChI is InChI=1S/C20H22FNO2S/c1-13-2-7-16-17(12-25-19(16)10-13)20(23)22-8-9-24-18(11-22)14-3-5-15(21)6-4-14/h3-6,12-13,18H,2,7-11H2,1H3. The van der Waals surface area contributed by atoms with Crippen LogP contribution in [0, 0.1) is 11.7 Å². The number of hydrogen-bond donors (Lipinski definition) is 0. The average Bonchev–Trinajstić information content (AvgIpc) is 3.04. The Balaban J connectivity index is 1.52. The van der Waals surface area contributed by atoms with Crippen molar-refractivity contribution in [2.75, 3.05) is 19.7 Å². The van der Waals surface area contributed by atoms with Gasteiger partial charge in [-0.15, -0.1) is 11.3 Å². The summed E-state index contributed by atoms with van der Waals surface area (Å²) < 4.78 is 18.9. The van der Waals surface area contributed by atoms with Crippen LogP contribution in [0.2, 0.25) is 0 Å². The van der Waals surface area contributed by atoms with Crippen molar-refractivity contribution in [2.45, 2.75) is 32.3 Å². The number of fused-ring (bicyclic) bond motifs is 1. The zero-order chi connectivity index (χ0) is 17.4. The van der Waals surface area contributed by atoms with Crippen molar-refractivity contribution in [3.8, 4) is 0 Å². The highest BCUT2D eigenvalue weighted by molar-refractivity contribution is 7.10. The van der Waals surface area contributed by atoms with Gasteiger partial charge in [0.25, 0.3) is 5.91 Å². The summed E-state index contributed by atoms with van der Waals surface area (Å²) in [4.78, 5) is 16.3. The summed E-state index contributed by atoms with van der Waals surface area (Å²) in [6.45, 7) is 3.92. The number of carbonyl (C=O) groups is 1. The zero-order valence-corrected chi connectivity index (χ0v) is 15.2. The monoisotopic (exact) mass is 359 g/mol. The van der Waals surface area contributed by atoms with Gasteiger partial charge in [-0.1, -0.05) is 19.1 Å². The number of nitrogens with zero attached hydrogens (tertiary/aromatic N) is 1. The molecule has 132 valence electrons. The molecule has 2 aromatic rings. The minimum atomic E-state index is -0.258. The maximum Gasteiger partial charge on any atom is 0.255 e. The molecule has 1 amide bonds. The molecule has 3 nitrogen and oxygen atoms in total. The molecule has 2 atom stereocenters. The highest BCUT2D eigenvalue weighted by atomic mass is 32.1. The van der Waals surface area contributed by atoms with Crippen molar-refractivity contribution in [1.29, 1.82) is 0 Å². The molecule has 0 saturated carbocycles. The Morgan fingerprint density at radius 2 is 2.12 bits per heavy atom. The summed E-state index contributed by atoms with van der Waals surface area (Å²) in [7, 11) is 0. The lowest BCUT2D eigenvalue weighted by Crippen LogP contribution is -2.42. The van der Waals surface area contributed by atoms with Gasteiger partial charge in [0.2, 0.25) is 0 Å². The van der Waals surface area contributed by atoms with Gasteiger partial charge in [-0.05, 0) is 48.4 Å². The van der Waals surface area contributed by atoms with E-state index >= 15 is 0 Å². The highest BCUT2D eigenvalue weighted by Gasteiger charge is 2.30. The topological polar surface area (TPSA) is 29.5 Å². The van der Waals surface area contributed by atoms with E-state index in [2.05, 4.69) is 6.92 Å². The molecule has 0 bridgehead atoms. The predicted molar refractivity (Wildman–Crippen MR) is 96.5 cm³/mol. The van der Waals surface area contributed by atoms with E-state index in [9.17, 15) is 9.18 Å². The fourth-order valence-electron chi connectivity index (χ4n) is 3.74. The smallest absolute Gasteiger partial charge is 0.255 e. The van der Waals surface area contributed by atoms with Crippen LogP contribution in [0.1, 0.15) is 45.8 Å². The van der Waals surface area contributed by atoms with E-state index in [1.807, 2.05) is 10.3 Å². The molecular weight excluding hydrogens is 337 g/mol. The molecule has 0 N–H and O–H groups in total. The minimum Gasteiger partial charge on any atom is -0.370 e. The lowest BCUT2D eigenvalue weighted by Gasteiger charge is -2.33. The number of carbonyl (C=O) groups excluding carboxylic acids is 1. The second-order valence-electron chi connectivity index (χ2n) is 7.06. The molecule has 2 unspecified atom stereocenters. The molecule has 0 spiro atoms. The van der Waals surface area contributed by atoms with Gasteiger partial charge >= 0.3 is 0 Å². The molecule has 1 fully saturated rings. The Kier molecular flexibility index (Phi) is 4.61. The van der Waals surface area contributed by atoms with Crippen molar-refractivity contribution in [2.24, 2.45) is 5.92 Å². The van der Waals surface area contributed by atoms with Crippen LogP contribution in [0.15, 0.2) is 29.6 Å². The van der Waals surface area contributed by atoms with Crippen LogP contribution in [0.5, 0.6) is 0 Å². The van der Waals surface area contributed by atoms with Crippen molar-refractivity contribution in [1.82, 2.24) is 4.90 Å². The van der Waals surface area contributed by atoms with Gasteiger partial charge in [0.1, 0.15) is 11.9 Å². The molecule has 1 aromatic carbocycles. The lowest BCUT2D eigenvalue weighted by molar-refractivity contribution is -0.0228. The van der Waals surface area contributed by atoms with Crippen LogP contribution in [0.4, 0.5) is 4.39 Å². The Hall–Kier alpha value is -1.72. The Labute approximate surface area is 151 Å². The van der Waals surface area contributed by atoms with E-state index in [1.165, 1.54) is 22.6 Å². The fraction of sp³-hybridized carbons (Fsp3) is 0.450. The van der Waals surface area contributed by atoms with Crippen LogP contribution in [0.25, 0.3) is 0 Å². The van der Waals surface area contributed by atoms with Crippen molar-refractivity contribution in [3.63, 3.8) is 0 Å². The van der Waals surface area contributed by atoms with Gasteiger partial charge in [-0.25, -0.2) is 4.39 Å². The summed E-state index contributed by atoms with van der Waals surface area (Å²) in [6.07, 6.45) is 3.07. The van der Waals surface area contributed by atoms with Crippen LogP contribution in [-0.2, 0) is 17.6 Å². The first-order valence-electron chi connectivity index (χ1n) is 8.87. The fourth-order valence-corrected chi connectivity index (χ4v) is 4.98. The summed E-state index contributed by atoms with van der Waals surface area (Å²) >= 11 is 1.73. The first-order chi connectivity index (χ1) is 12.1. The maximum atomic E-state index is 13.1. The predicted octanol–water partition coefficient (Wildman–Crippen LogP) is 4.23. The molecular formula is C20H22FNO2S. The molecule has 1 aliphatic carbocycles. The molecule has 25 heavy (non-hydrogen) atoms. The molecule has 0 radical (unpaired) electrons. The lowest BCUT2D eigenvalue weighted by atomic mass is 9.88. The number of ether oxygens (including phenoxy) is 1. The molecule has 2 aliphatic rings. The maximum absolute atomic E-state index is 13.1. The van der Waals surface area contributed by atoms with E-state index in [-0.39, 0.29) is 17.8 Å². The van der Waals surface area contributed by atoms with Crippen LogP contribution >= 0.6 is 11.3 Å². The average molecular weight is 359 g/mol. The van der Waals surface area contributed by atoms with Crippen molar-refractivity contribution in [3.05, 3.63) is 57.0 Å². The number of thiophene rings is 1. The van der Waals surface area contributed by atoms with Gasteiger partial charge in [0.15, 0.2) is 0 Å². The van der Waals surface area contributed by atoms with Gasteiger partial charge in [0.05, 0.1) is 18.7 Å². The quantitative estimate of drug-likeness (QED) is 0.803. The molecule has 1 saturated heterocycles. The number of morpholine rings is 1. The second kappa shape index (κ2) is 6.89. The molecule has 1 aliphatic heterocycles. The van der Waals surface area contributed by atoms with E-state index in [4.69, 9.17) is 4.74 Å². The van der Waals surface area contributed by atoms with Crippen molar-refractivity contribution >= 4 is 17.2 Å². The second-order valence-corrected chi connectivity index (χ2v) is 8.03. The third-order valence-electron chi connectivity index (χ3n) is 5.23. The number of amides is 1. The van der Waals surface area contributed by atoms with E-state index < -0.39 is 0 Å². The molecule has 4 rings (SSSR count). The minimum absolute atomic E-state index is 0.113. The Morgan fingerprint density at radius 3 is 2.92 bits per heavy atom. The summed E-state index contributed by atoms with van der Waals surface area (Å²) in [6, 6.07) is 6.36. The molecule has 5 heteroatoms. The van der Waals surface area contributed by atoms with Crippen molar-refractivity contribution < 1.29 is 13.9 Å². The largest absolute Gasteiger partial charge is 0.370 e. The summed E-state index contributed by atoms with van der Waals surface area (Å²) in [5.41, 5.74) is 3.06. The van der Waals surface area contributed by atoms with Gasteiger partial charge in [0, 0.05) is 16.8 Å². The Morgan fingerprint density at radius 1 is 1.32 bits per heavy atom. The number of halogens is 1. The van der Waals surface area contributed by atoms with Crippen LogP contribution in [-0.4, -0.2) is 30.5 Å². The van der Waals surface area contributed by atoms with Gasteiger partial charge in [-0.2, -0.15) is 0 Å². The van der Waals surface area contributed by atoms with Crippen LogP contribution in [0.3, 0.4) is 0 Å². The first-order valence-corrected chi connectivity index (χ1v) is 9.75. The third kappa shape index (κ3) is 3.35. The number of rotatable bonds is 2. The first kappa shape index (κ1) is 16.7. The highest BCUT2D eigenvalue weighted by Crippen LogP contribution is 2.34. The third-order valence-corrected chi connectivity index (χ3v) is 6.28. The normalized spacial score (nSPS) is 23.4. The summed E-state index contributed by atoms with van der Waals surface area (Å²) in [5.74, 6) is 0.564. The number of benzene rings is 1. The van der Waals surface area contributed by atoms with Gasteiger partial charge < -0.3 is 9.64 Å². The van der Waals surface area contributed by atoms with E-state index in [0.29, 0.717) is 25.6 Å². The van der Waals surface area contributed by atoms with E-state index in [0.717, 1.165) is 30.4 Å².